The first-order chi connectivity index (χ1) is 14.8. The summed E-state index contributed by atoms with van der Waals surface area (Å²) in [6.45, 7) is 23.6. The van der Waals surface area contributed by atoms with Crippen molar-refractivity contribution in [3.05, 3.63) is 24.3 Å². The predicted molar refractivity (Wildman–Crippen MR) is 133 cm³/mol. The lowest BCUT2D eigenvalue weighted by atomic mass is 9.34. The highest BCUT2D eigenvalue weighted by Crippen LogP contribution is 2.76. The zero-order valence-corrected chi connectivity index (χ0v) is 21.7. The molecule has 0 saturated heterocycles. The smallest absolute Gasteiger partial charge is 0.303 e. The van der Waals surface area contributed by atoms with E-state index in [4.69, 9.17) is 0 Å². The van der Waals surface area contributed by atoms with Crippen LogP contribution in [0.15, 0.2) is 24.3 Å². The summed E-state index contributed by atoms with van der Waals surface area (Å²) in [6, 6.07) is 0. The molecular weight excluding hydrogens is 392 g/mol. The topological polar surface area (TPSA) is 37.3 Å². The minimum atomic E-state index is -0.650. The van der Waals surface area contributed by atoms with E-state index in [1.807, 2.05) is 0 Å². The zero-order valence-electron chi connectivity index (χ0n) is 21.7. The Labute approximate surface area is 197 Å². The Balaban J connectivity index is 1.75. The number of carboxylic acids is 1. The van der Waals surface area contributed by atoms with Crippen molar-refractivity contribution in [1.29, 1.82) is 0 Å². The van der Waals surface area contributed by atoms with Crippen LogP contribution in [0.1, 0.15) is 106 Å². The molecule has 0 spiro atoms. The fourth-order valence-corrected chi connectivity index (χ4v) is 10.4. The maximum atomic E-state index is 11.6. The Kier molecular flexibility index (Phi) is 5.83. The molecule has 0 amide bonds. The average Bonchev–Trinajstić information content (AvgIpc) is 3.05. The average molecular weight is 441 g/mol. The number of allylic oxidation sites excluding steroid dienone is 2. The molecule has 4 rings (SSSR count). The van der Waals surface area contributed by atoms with E-state index in [-0.39, 0.29) is 17.3 Å². The van der Waals surface area contributed by atoms with E-state index in [0.717, 1.165) is 18.3 Å². The lowest BCUT2D eigenvalue weighted by molar-refractivity contribution is -0.214. The Morgan fingerprint density at radius 3 is 2.16 bits per heavy atom. The van der Waals surface area contributed by atoms with Crippen LogP contribution in [0.4, 0.5) is 0 Å². The van der Waals surface area contributed by atoms with Gasteiger partial charge in [0.15, 0.2) is 0 Å². The van der Waals surface area contributed by atoms with Gasteiger partial charge in [-0.05, 0) is 123 Å². The Hall–Kier alpha value is -1.05. The quantitative estimate of drug-likeness (QED) is 0.437. The maximum absolute atomic E-state index is 11.6. The zero-order chi connectivity index (χ0) is 23.7. The van der Waals surface area contributed by atoms with E-state index < -0.39 is 5.97 Å². The summed E-state index contributed by atoms with van der Waals surface area (Å²) in [4.78, 5) is 11.6. The van der Waals surface area contributed by atoms with Gasteiger partial charge in [-0.2, -0.15) is 0 Å². The third kappa shape index (κ3) is 3.21. The van der Waals surface area contributed by atoms with Crippen molar-refractivity contribution in [1.82, 2.24) is 0 Å². The van der Waals surface area contributed by atoms with Gasteiger partial charge in [0.2, 0.25) is 0 Å². The monoisotopic (exact) mass is 440 g/mol. The second-order valence-electron chi connectivity index (χ2n) is 13.6. The molecule has 2 nitrogen and oxygen atoms in total. The number of aliphatic carboxylic acids is 1. The van der Waals surface area contributed by atoms with Gasteiger partial charge >= 0.3 is 5.97 Å². The molecule has 4 aliphatic carbocycles. The van der Waals surface area contributed by atoms with Gasteiger partial charge in [0.05, 0.1) is 0 Å². The van der Waals surface area contributed by atoms with Gasteiger partial charge in [-0.25, -0.2) is 0 Å². The number of carboxylic acid groups (broad SMARTS) is 1. The fourth-order valence-electron chi connectivity index (χ4n) is 10.4. The molecule has 0 aromatic heterocycles. The van der Waals surface area contributed by atoms with Crippen LogP contribution in [-0.4, -0.2) is 11.1 Å². The molecule has 2 heteroatoms. The van der Waals surface area contributed by atoms with Crippen molar-refractivity contribution in [3.8, 4) is 0 Å². The number of hydrogen-bond donors (Lipinski definition) is 1. The van der Waals surface area contributed by atoms with E-state index >= 15 is 0 Å². The normalized spacial score (nSPS) is 50.1. The second kappa shape index (κ2) is 7.74. The molecule has 9 unspecified atom stereocenters. The maximum Gasteiger partial charge on any atom is 0.303 e. The molecule has 0 aromatic rings. The highest BCUT2D eigenvalue weighted by atomic mass is 16.4. The standard InChI is InChI=1S/C30H48O2/c1-19(2)21-11-14-27(5)17-18-29(7)23(26(21)27)9-10-24-28(6,15-13-25(31)32)22(20(3)4)12-16-30(24,29)8/h21-24,26H,1,3,9-18H2,2,4-8H3,(H,31,32). The summed E-state index contributed by atoms with van der Waals surface area (Å²) in [5.41, 5.74) is 3.81. The van der Waals surface area contributed by atoms with Crippen molar-refractivity contribution in [3.63, 3.8) is 0 Å². The van der Waals surface area contributed by atoms with E-state index in [2.05, 4.69) is 54.7 Å². The summed E-state index contributed by atoms with van der Waals surface area (Å²) in [7, 11) is 0. The Morgan fingerprint density at radius 1 is 0.875 bits per heavy atom. The Morgan fingerprint density at radius 2 is 1.56 bits per heavy atom. The number of carbonyl (C=O) groups is 1. The van der Waals surface area contributed by atoms with Crippen molar-refractivity contribution in [2.75, 3.05) is 0 Å². The van der Waals surface area contributed by atoms with Crippen LogP contribution in [0.3, 0.4) is 0 Å². The number of hydrogen-bond acceptors (Lipinski definition) is 1. The summed E-state index contributed by atoms with van der Waals surface area (Å²) in [5, 5.41) is 9.56. The van der Waals surface area contributed by atoms with Crippen LogP contribution in [-0.2, 0) is 4.79 Å². The first kappa shape index (κ1) is 24.1. The SMILES string of the molecule is C=C(C)C1CCC2(C)CCC3(C)C(CCC4C(C)(CCC(=O)O)C(C(=C)C)CCC43C)C12. The summed E-state index contributed by atoms with van der Waals surface area (Å²) in [5.74, 6) is 2.62. The molecular formula is C30H48O2. The van der Waals surface area contributed by atoms with E-state index in [1.165, 1.54) is 62.5 Å². The molecule has 0 heterocycles. The molecule has 0 bridgehead atoms. The summed E-state index contributed by atoms with van der Waals surface area (Å²) >= 11 is 0. The first-order valence-corrected chi connectivity index (χ1v) is 13.3. The molecule has 0 radical (unpaired) electrons. The Bertz CT molecular complexity index is 812. The lowest BCUT2D eigenvalue weighted by Crippen LogP contribution is -2.63. The van der Waals surface area contributed by atoms with Crippen molar-refractivity contribution in [2.24, 2.45) is 51.2 Å². The third-order valence-corrected chi connectivity index (χ3v) is 12.2. The molecule has 4 saturated carbocycles. The van der Waals surface area contributed by atoms with Crippen LogP contribution in [0.2, 0.25) is 0 Å². The van der Waals surface area contributed by atoms with Gasteiger partial charge < -0.3 is 5.11 Å². The van der Waals surface area contributed by atoms with Gasteiger partial charge in [-0.1, -0.05) is 52.0 Å². The molecule has 0 aromatic carbocycles. The fraction of sp³-hybridized carbons (Fsp3) is 0.833. The second-order valence-corrected chi connectivity index (χ2v) is 13.6. The van der Waals surface area contributed by atoms with Gasteiger partial charge in [-0.3, -0.25) is 4.79 Å². The molecule has 9 atom stereocenters. The van der Waals surface area contributed by atoms with Crippen LogP contribution in [0, 0.1) is 51.2 Å². The molecule has 180 valence electrons. The van der Waals surface area contributed by atoms with Crippen molar-refractivity contribution < 1.29 is 9.90 Å². The van der Waals surface area contributed by atoms with Crippen LogP contribution >= 0.6 is 0 Å². The molecule has 1 N–H and O–H groups in total. The predicted octanol–water partition coefficient (Wildman–Crippen LogP) is 8.28. The van der Waals surface area contributed by atoms with Gasteiger partial charge in [0.25, 0.3) is 0 Å². The number of rotatable bonds is 5. The largest absolute Gasteiger partial charge is 0.481 e. The van der Waals surface area contributed by atoms with Crippen molar-refractivity contribution >= 4 is 5.97 Å². The number of fused-ring (bicyclic) bond motifs is 5. The first-order valence-electron chi connectivity index (χ1n) is 13.3. The molecule has 4 fully saturated rings. The van der Waals surface area contributed by atoms with Gasteiger partial charge in [0.1, 0.15) is 0 Å². The molecule has 4 aliphatic rings. The highest BCUT2D eigenvalue weighted by molar-refractivity contribution is 5.66. The van der Waals surface area contributed by atoms with Crippen LogP contribution in [0.25, 0.3) is 0 Å². The van der Waals surface area contributed by atoms with E-state index in [0.29, 0.717) is 28.6 Å². The molecule has 32 heavy (non-hydrogen) atoms. The third-order valence-electron chi connectivity index (χ3n) is 12.2. The highest BCUT2D eigenvalue weighted by Gasteiger charge is 2.68. The minimum Gasteiger partial charge on any atom is -0.481 e. The van der Waals surface area contributed by atoms with E-state index in [9.17, 15) is 9.90 Å². The summed E-state index contributed by atoms with van der Waals surface area (Å²) in [6.07, 6.45) is 11.5. The lowest BCUT2D eigenvalue weighted by Gasteiger charge is -2.71. The van der Waals surface area contributed by atoms with Crippen LogP contribution in [0.5, 0.6) is 0 Å². The van der Waals surface area contributed by atoms with E-state index in [1.54, 1.807) is 0 Å². The van der Waals surface area contributed by atoms with Gasteiger partial charge in [0, 0.05) is 6.42 Å². The van der Waals surface area contributed by atoms with Crippen LogP contribution < -0.4 is 0 Å². The summed E-state index contributed by atoms with van der Waals surface area (Å²) < 4.78 is 0. The van der Waals surface area contributed by atoms with Gasteiger partial charge in [-0.15, -0.1) is 0 Å². The van der Waals surface area contributed by atoms with Crippen molar-refractivity contribution in [2.45, 2.75) is 106 Å². The minimum absolute atomic E-state index is 0.0371. The molecule has 0 aliphatic heterocycles.